The molecule has 0 aromatic carbocycles. The van der Waals surface area contributed by atoms with Crippen LogP contribution in [0, 0.1) is 0 Å². The van der Waals surface area contributed by atoms with Gasteiger partial charge in [0, 0.05) is 12.8 Å². The maximum atomic E-state index is 13.9. The summed E-state index contributed by atoms with van der Waals surface area (Å²) in [5.74, 6) is -7.25. The first-order valence-corrected chi connectivity index (χ1v) is 9.14. The fourth-order valence-corrected chi connectivity index (χ4v) is 2.91. The number of unbranched alkanes of at least 4 members (excludes halogenated alkanes) is 6. The lowest BCUT2D eigenvalue weighted by Crippen LogP contribution is -2.52. The number of carbonyl (C=O) groups excluding carboxylic acids is 3. The van der Waals surface area contributed by atoms with E-state index < -0.39 is 23.7 Å². The Kier molecular flexibility index (Phi) is 9.08. The van der Waals surface area contributed by atoms with Crippen molar-refractivity contribution in [2.24, 2.45) is 0 Å². The molecule has 1 aliphatic rings. The molecule has 1 atom stereocenters. The standard InChI is InChI=1S/C18H29F2NO3/c1-2-3-4-5-6-7-8-13-16(23)18(19,20)17(24)21-14-11-9-10-12-15(14)22/h14H,2-13H2,1H3,(H,21,24)/t14-/m0/s1. The Morgan fingerprint density at radius 1 is 1.08 bits per heavy atom. The van der Waals surface area contributed by atoms with E-state index in [2.05, 4.69) is 12.2 Å². The summed E-state index contributed by atoms with van der Waals surface area (Å²) in [5, 5.41) is 2.06. The highest BCUT2D eigenvalue weighted by atomic mass is 19.3. The predicted octanol–water partition coefficient (Wildman–Crippen LogP) is 3.96. The fourth-order valence-electron chi connectivity index (χ4n) is 2.91. The summed E-state index contributed by atoms with van der Waals surface area (Å²) in [6, 6.07) is -0.872. The normalized spacial score (nSPS) is 18.5. The van der Waals surface area contributed by atoms with Crippen molar-refractivity contribution in [1.82, 2.24) is 5.32 Å². The van der Waals surface area contributed by atoms with Crippen LogP contribution in [0.4, 0.5) is 8.78 Å². The third kappa shape index (κ3) is 6.65. The molecule has 4 nitrogen and oxygen atoms in total. The second-order valence-corrected chi connectivity index (χ2v) is 6.61. The van der Waals surface area contributed by atoms with Crippen molar-refractivity contribution in [3.05, 3.63) is 0 Å². The molecule has 1 N–H and O–H groups in total. The van der Waals surface area contributed by atoms with Gasteiger partial charge in [-0.1, -0.05) is 51.9 Å². The zero-order chi connectivity index (χ0) is 18.0. The average Bonchev–Trinajstić information content (AvgIpc) is 2.55. The molecule has 24 heavy (non-hydrogen) atoms. The smallest absolute Gasteiger partial charge is 0.341 e. The van der Waals surface area contributed by atoms with Gasteiger partial charge in [-0.15, -0.1) is 0 Å². The van der Waals surface area contributed by atoms with E-state index in [9.17, 15) is 23.2 Å². The zero-order valence-corrected chi connectivity index (χ0v) is 14.5. The van der Waals surface area contributed by atoms with Gasteiger partial charge >= 0.3 is 5.92 Å². The number of nitrogens with one attached hydrogen (secondary N) is 1. The highest BCUT2D eigenvalue weighted by Crippen LogP contribution is 2.21. The second-order valence-electron chi connectivity index (χ2n) is 6.61. The Labute approximate surface area is 142 Å². The summed E-state index contributed by atoms with van der Waals surface area (Å²) >= 11 is 0. The van der Waals surface area contributed by atoms with Crippen LogP contribution in [0.3, 0.4) is 0 Å². The number of ketones is 2. The Balaban J connectivity index is 2.32. The Hall–Kier alpha value is -1.33. The molecular formula is C18H29F2NO3. The van der Waals surface area contributed by atoms with Crippen LogP contribution in [-0.4, -0.2) is 29.4 Å². The lowest BCUT2D eigenvalue weighted by atomic mass is 9.93. The third-order valence-electron chi connectivity index (χ3n) is 4.50. The number of amides is 1. The van der Waals surface area contributed by atoms with Crippen molar-refractivity contribution in [3.63, 3.8) is 0 Å². The van der Waals surface area contributed by atoms with E-state index in [1.54, 1.807) is 0 Å². The van der Waals surface area contributed by atoms with Gasteiger partial charge in [0.05, 0.1) is 6.04 Å². The van der Waals surface area contributed by atoms with E-state index in [0.29, 0.717) is 32.1 Å². The topological polar surface area (TPSA) is 63.2 Å². The van der Waals surface area contributed by atoms with Crippen LogP contribution in [0.25, 0.3) is 0 Å². The number of hydrogen-bond acceptors (Lipinski definition) is 3. The molecule has 0 aliphatic heterocycles. The SMILES string of the molecule is CCCCCCCCCC(=O)C(F)(F)C(=O)N[C@H]1CCCCC1=O. The van der Waals surface area contributed by atoms with Gasteiger partial charge in [0.2, 0.25) is 5.78 Å². The first kappa shape index (κ1) is 20.7. The molecule has 0 heterocycles. The van der Waals surface area contributed by atoms with Gasteiger partial charge in [-0.3, -0.25) is 14.4 Å². The summed E-state index contributed by atoms with van der Waals surface area (Å²) in [4.78, 5) is 35.0. The molecule has 0 unspecified atom stereocenters. The zero-order valence-electron chi connectivity index (χ0n) is 14.5. The van der Waals surface area contributed by atoms with Crippen LogP contribution in [0.5, 0.6) is 0 Å². The Morgan fingerprint density at radius 2 is 1.71 bits per heavy atom. The average molecular weight is 345 g/mol. The minimum atomic E-state index is -4.04. The molecule has 0 aromatic rings. The van der Waals surface area contributed by atoms with E-state index >= 15 is 0 Å². The van der Waals surface area contributed by atoms with Crippen LogP contribution in [0.1, 0.15) is 84.0 Å². The molecule has 1 fully saturated rings. The fraction of sp³-hybridized carbons (Fsp3) is 0.833. The van der Waals surface area contributed by atoms with Crippen molar-refractivity contribution in [2.45, 2.75) is 95.9 Å². The first-order chi connectivity index (χ1) is 11.4. The van der Waals surface area contributed by atoms with Crippen LogP contribution >= 0.6 is 0 Å². The summed E-state index contributed by atoms with van der Waals surface area (Å²) in [7, 11) is 0. The monoisotopic (exact) mass is 345 g/mol. The molecule has 0 aromatic heterocycles. The predicted molar refractivity (Wildman–Crippen MR) is 88.0 cm³/mol. The van der Waals surface area contributed by atoms with E-state index in [1.165, 1.54) is 0 Å². The van der Waals surface area contributed by atoms with Gasteiger partial charge in [-0.25, -0.2) is 0 Å². The Bertz CT molecular complexity index is 438. The lowest BCUT2D eigenvalue weighted by Gasteiger charge is -2.23. The quantitative estimate of drug-likeness (QED) is 0.455. The van der Waals surface area contributed by atoms with E-state index in [-0.39, 0.29) is 12.2 Å². The van der Waals surface area contributed by atoms with Gasteiger partial charge in [0.15, 0.2) is 5.78 Å². The molecule has 1 saturated carbocycles. The van der Waals surface area contributed by atoms with E-state index in [1.807, 2.05) is 0 Å². The van der Waals surface area contributed by atoms with Crippen LogP contribution in [0.15, 0.2) is 0 Å². The molecule has 0 spiro atoms. The number of hydrogen-bond donors (Lipinski definition) is 1. The van der Waals surface area contributed by atoms with Crippen LogP contribution < -0.4 is 5.32 Å². The molecule has 6 heteroatoms. The van der Waals surface area contributed by atoms with Gasteiger partial charge in [0.1, 0.15) is 0 Å². The molecule has 1 rings (SSSR count). The van der Waals surface area contributed by atoms with Crippen molar-refractivity contribution in [2.75, 3.05) is 0 Å². The van der Waals surface area contributed by atoms with Crippen LogP contribution in [0.2, 0.25) is 0 Å². The molecule has 0 saturated heterocycles. The summed E-state index contributed by atoms with van der Waals surface area (Å²) in [6.45, 7) is 2.12. The van der Waals surface area contributed by atoms with Crippen LogP contribution in [-0.2, 0) is 14.4 Å². The van der Waals surface area contributed by atoms with E-state index in [4.69, 9.17) is 0 Å². The van der Waals surface area contributed by atoms with Gasteiger partial charge in [-0.2, -0.15) is 8.78 Å². The highest BCUT2D eigenvalue weighted by molar-refractivity contribution is 6.08. The third-order valence-corrected chi connectivity index (χ3v) is 4.50. The summed E-state index contributed by atoms with van der Waals surface area (Å²) in [6.07, 6.45) is 8.28. The molecule has 138 valence electrons. The van der Waals surface area contributed by atoms with E-state index in [0.717, 1.165) is 38.5 Å². The number of rotatable bonds is 11. The molecule has 1 aliphatic carbocycles. The first-order valence-electron chi connectivity index (χ1n) is 9.14. The van der Waals surface area contributed by atoms with Crippen molar-refractivity contribution in [1.29, 1.82) is 0 Å². The number of carbonyl (C=O) groups is 3. The van der Waals surface area contributed by atoms with Gasteiger partial charge < -0.3 is 5.32 Å². The summed E-state index contributed by atoms with van der Waals surface area (Å²) in [5.41, 5.74) is 0. The van der Waals surface area contributed by atoms with Gasteiger partial charge in [0.25, 0.3) is 5.91 Å². The molecule has 1 amide bonds. The molecule has 0 radical (unpaired) electrons. The number of alkyl halides is 2. The minimum Gasteiger partial charge on any atom is -0.341 e. The molecular weight excluding hydrogens is 316 g/mol. The second kappa shape index (κ2) is 10.5. The maximum absolute atomic E-state index is 13.9. The molecule has 0 bridgehead atoms. The summed E-state index contributed by atoms with van der Waals surface area (Å²) < 4.78 is 27.8. The largest absolute Gasteiger partial charge is 0.381 e. The lowest BCUT2D eigenvalue weighted by molar-refractivity contribution is -0.159. The van der Waals surface area contributed by atoms with Crippen molar-refractivity contribution >= 4 is 17.5 Å². The maximum Gasteiger partial charge on any atom is 0.381 e. The van der Waals surface area contributed by atoms with Crippen molar-refractivity contribution in [3.8, 4) is 0 Å². The number of halogens is 2. The Morgan fingerprint density at radius 3 is 2.33 bits per heavy atom. The van der Waals surface area contributed by atoms with Gasteiger partial charge in [-0.05, 0) is 19.3 Å². The van der Waals surface area contributed by atoms with Crippen molar-refractivity contribution < 1.29 is 23.2 Å². The number of Topliss-reactive ketones (excluding diaryl/α,β-unsaturated/α-hetero) is 2. The highest BCUT2D eigenvalue weighted by Gasteiger charge is 2.47. The minimum absolute atomic E-state index is 0.232.